The second-order valence-corrected chi connectivity index (χ2v) is 3.96. The molecule has 2 aliphatic rings. The predicted molar refractivity (Wildman–Crippen MR) is 44.4 cm³/mol. The highest BCUT2D eigenvalue weighted by atomic mass is 16.3. The molecule has 0 spiro atoms. The van der Waals surface area contributed by atoms with Crippen molar-refractivity contribution in [1.82, 2.24) is 4.90 Å². The first-order valence-electron chi connectivity index (χ1n) is 4.69. The summed E-state index contributed by atoms with van der Waals surface area (Å²) < 4.78 is 0. The Bertz CT molecular complexity index is 148. The molecule has 0 aliphatic carbocycles. The van der Waals surface area contributed by atoms with Crippen LogP contribution in [0.15, 0.2) is 0 Å². The number of hydrogen-bond donors (Lipinski definition) is 1. The van der Waals surface area contributed by atoms with Crippen LogP contribution in [0.3, 0.4) is 0 Å². The van der Waals surface area contributed by atoms with Crippen LogP contribution in [0.4, 0.5) is 0 Å². The third-order valence-corrected chi connectivity index (χ3v) is 3.38. The summed E-state index contributed by atoms with van der Waals surface area (Å²) in [6.45, 7) is 0. The number of aliphatic hydroxyl groups is 1. The molecular formula is C9H17NO. The maximum atomic E-state index is 9.65. The zero-order valence-electron chi connectivity index (χ0n) is 7.16. The predicted octanol–water partition coefficient (Wildman–Crippen LogP) is 0.994. The van der Waals surface area contributed by atoms with Gasteiger partial charge in [0, 0.05) is 12.1 Å². The lowest BCUT2D eigenvalue weighted by Crippen LogP contribution is -2.53. The lowest BCUT2D eigenvalue weighted by molar-refractivity contribution is -0.0328. The minimum Gasteiger partial charge on any atom is -0.391 e. The highest BCUT2D eigenvalue weighted by Crippen LogP contribution is 2.32. The average Bonchev–Trinajstić information content (AvgIpc) is 1.98. The van der Waals surface area contributed by atoms with Crippen molar-refractivity contribution in [2.24, 2.45) is 0 Å². The normalized spacial score (nSPS) is 45.8. The van der Waals surface area contributed by atoms with E-state index in [4.69, 9.17) is 0 Å². The van der Waals surface area contributed by atoms with Crippen LogP contribution < -0.4 is 0 Å². The second-order valence-electron chi connectivity index (χ2n) is 3.96. The van der Waals surface area contributed by atoms with Crippen molar-refractivity contribution in [3.63, 3.8) is 0 Å². The Morgan fingerprint density at radius 1 is 1.18 bits per heavy atom. The fraction of sp³-hybridized carbons (Fsp3) is 1.00. The van der Waals surface area contributed by atoms with Gasteiger partial charge in [-0.25, -0.2) is 0 Å². The summed E-state index contributed by atoms with van der Waals surface area (Å²) >= 11 is 0. The molecule has 0 amide bonds. The molecular weight excluding hydrogens is 138 g/mol. The number of nitrogens with zero attached hydrogens (tertiary/aromatic N) is 1. The first-order valence-corrected chi connectivity index (χ1v) is 4.69. The molecule has 2 heteroatoms. The number of likely N-dealkylation sites (N-methyl/N-ethyl adjacent to an activating group) is 1. The summed E-state index contributed by atoms with van der Waals surface area (Å²) in [7, 11) is 2.16. The summed E-state index contributed by atoms with van der Waals surface area (Å²) in [6, 6.07) is 1.25. The van der Waals surface area contributed by atoms with Gasteiger partial charge >= 0.3 is 0 Å². The van der Waals surface area contributed by atoms with Gasteiger partial charge in [0.2, 0.25) is 0 Å². The van der Waals surface area contributed by atoms with Crippen LogP contribution in [0, 0.1) is 0 Å². The molecule has 0 unspecified atom stereocenters. The van der Waals surface area contributed by atoms with Gasteiger partial charge in [0.25, 0.3) is 0 Å². The summed E-state index contributed by atoms with van der Waals surface area (Å²) in [5.41, 5.74) is 0. The lowest BCUT2D eigenvalue weighted by atomic mass is 9.83. The van der Waals surface area contributed by atoms with Gasteiger partial charge in [-0.1, -0.05) is 6.42 Å². The molecule has 2 bridgehead atoms. The topological polar surface area (TPSA) is 23.5 Å². The van der Waals surface area contributed by atoms with Crippen molar-refractivity contribution in [1.29, 1.82) is 0 Å². The van der Waals surface area contributed by atoms with Crippen molar-refractivity contribution < 1.29 is 5.11 Å². The molecule has 11 heavy (non-hydrogen) atoms. The molecule has 0 aromatic heterocycles. The van der Waals surface area contributed by atoms with Crippen LogP contribution in [0.2, 0.25) is 0 Å². The van der Waals surface area contributed by atoms with E-state index in [0.29, 0.717) is 6.04 Å². The van der Waals surface area contributed by atoms with E-state index in [1.807, 2.05) is 0 Å². The number of hydrogen-bond acceptors (Lipinski definition) is 2. The van der Waals surface area contributed by atoms with E-state index in [2.05, 4.69) is 11.9 Å². The molecule has 0 aromatic rings. The zero-order chi connectivity index (χ0) is 7.84. The SMILES string of the molecule is CN1[C@H]2CCC[C@@H]1[C@H](O)CC2. The molecule has 1 N–H and O–H groups in total. The Hall–Kier alpha value is -0.0800. The third kappa shape index (κ3) is 1.18. The molecule has 2 saturated heterocycles. The fourth-order valence-electron chi connectivity index (χ4n) is 2.61. The summed E-state index contributed by atoms with van der Waals surface area (Å²) in [5.74, 6) is 0. The minimum atomic E-state index is -0.0449. The van der Waals surface area contributed by atoms with Crippen LogP contribution >= 0.6 is 0 Å². The van der Waals surface area contributed by atoms with E-state index < -0.39 is 0 Å². The quantitative estimate of drug-likeness (QED) is 0.564. The van der Waals surface area contributed by atoms with Crippen molar-refractivity contribution in [3.05, 3.63) is 0 Å². The molecule has 2 aliphatic heterocycles. The van der Waals surface area contributed by atoms with Gasteiger partial charge in [-0.3, -0.25) is 4.90 Å². The standard InChI is InChI=1S/C9H17NO/c1-10-7-3-2-4-8(10)9(11)6-5-7/h7-9,11H,2-6H2,1H3/t7-,8+,9+/m0/s1. The van der Waals surface area contributed by atoms with Gasteiger partial charge in [0.15, 0.2) is 0 Å². The molecule has 2 heterocycles. The third-order valence-electron chi connectivity index (χ3n) is 3.38. The van der Waals surface area contributed by atoms with Gasteiger partial charge in [-0.2, -0.15) is 0 Å². The van der Waals surface area contributed by atoms with E-state index in [9.17, 15) is 5.11 Å². The summed E-state index contributed by atoms with van der Waals surface area (Å²) in [4.78, 5) is 2.39. The average molecular weight is 155 g/mol. The van der Waals surface area contributed by atoms with E-state index in [-0.39, 0.29) is 6.10 Å². The lowest BCUT2D eigenvalue weighted by Gasteiger charge is -2.46. The smallest absolute Gasteiger partial charge is 0.0696 e. The Morgan fingerprint density at radius 2 is 2.00 bits per heavy atom. The highest BCUT2D eigenvalue weighted by molar-refractivity contribution is 4.91. The number of rotatable bonds is 0. The first kappa shape index (κ1) is 7.56. The number of aliphatic hydroxyl groups excluding tert-OH is 1. The van der Waals surface area contributed by atoms with E-state index in [0.717, 1.165) is 12.5 Å². The monoisotopic (exact) mass is 155 g/mol. The van der Waals surface area contributed by atoms with E-state index in [1.165, 1.54) is 25.7 Å². The molecule has 0 saturated carbocycles. The molecule has 2 nitrogen and oxygen atoms in total. The Balaban J connectivity index is 2.09. The Labute approximate surface area is 68.2 Å². The molecule has 0 aromatic carbocycles. The highest BCUT2D eigenvalue weighted by Gasteiger charge is 2.36. The molecule has 0 radical (unpaired) electrons. The summed E-state index contributed by atoms with van der Waals surface area (Å²) in [5, 5.41) is 9.65. The molecule has 3 atom stereocenters. The van der Waals surface area contributed by atoms with Crippen molar-refractivity contribution in [3.8, 4) is 0 Å². The van der Waals surface area contributed by atoms with Crippen LogP contribution in [-0.2, 0) is 0 Å². The maximum Gasteiger partial charge on any atom is 0.0696 e. The van der Waals surface area contributed by atoms with Gasteiger partial charge in [0.05, 0.1) is 6.10 Å². The van der Waals surface area contributed by atoms with Gasteiger partial charge < -0.3 is 5.11 Å². The van der Waals surface area contributed by atoms with Crippen molar-refractivity contribution in [2.45, 2.75) is 50.3 Å². The summed E-state index contributed by atoms with van der Waals surface area (Å²) in [6.07, 6.45) is 6.05. The molecule has 2 rings (SSSR count). The zero-order valence-corrected chi connectivity index (χ0v) is 7.16. The van der Waals surface area contributed by atoms with Crippen LogP contribution in [0.1, 0.15) is 32.1 Å². The van der Waals surface area contributed by atoms with Crippen LogP contribution in [0.25, 0.3) is 0 Å². The van der Waals surface area contributed by atoms with Crippen LogP contribution in [-0.4, -0.2) is 35.2 Å². The van der Waals surface area contributed by atoms with Crippen LogP contribution in [0.5, 0.6) is 0 Å². The molecule has 64 valence electrons. The first-order chi connectivity index (χ1) is 5.29. The maximum absolute atomic E-state index is 9.65. The Morgan fingerprint density at radius 3 is 2.73 bits per heavy atom. The second kappa shape index (κ2) is 2.76. The van der Waals surface area contributed by atoms with Gasteiger partial charge in [-0.15, -0.1) is 0 Å². The van der Waals surface area contributed by atoms with Gasteiger partial charge in [-0.05, 0) is 32.7 Å². The van der Waals surface area contributed by atoms with Gasteiger partial charge in [0.1, 0.15) is 0 Å². The van der Waals surface area contributed by atoms with E-state index >= 15 is 0 Å². The largest absolute Gasteiger partial charge is 0.391 e. The fourth-order valence-corrected chi connectivity index (χ4v) is 2.61. The van der Waals surface area contributed by atoms with Crippen molar-refractivity contribution >= 4 is 0 Å². The minimum absolute atomic E-state index is 0.0449. The molecule has 2 fully saturated rings. The number of piperidine rings is 2. The number of fused-ring (bicyclic) bond motifs is 2. The van der Waals surface area contributed by atoms with Crippen molar-refractivity contribution in [2.75, 3.05) is 7.05 Å². The van der Waals surface area contributed by atoms with E-state index in [1.54, 1.807) is 0 Å². The Kier molecular flexibility index (Phi) is 1.90.